The van der Waals surface area contributed by atoms with Crippen LogP contribution in [-0.4, -0.2) is 37.6 Å². The molecule has 0 aromatic heterocycles. The van der Waals surface area contributed by atoms with Gasteiger partial charge in [-0.15, -0.1) is 3.82 Å². The number of carbonyl (C=O) groups is 1. The van der Waals surface area contributed by atoms with Gasteiger partial charge in [-0.1, -0.05) is 0 Å². The lowest BCUT2D eigenvalue weighted by Crippen LogP contribution is -2.52. The summed E-state index contributed by atoms with van der Waals surface area (Å²) in [6, 6.07) is 0.421. The minimum atomic E-state index is -0.805. The number of rotatable bonds is 3. The molecule has 2 N–H and O–H groups in total. The Morgan fingerprint density at radius 2 is 2.53 bits per heavy atom. The minimum Gasteiger partial charge on any atom is -0.477 e. The standard InChI is InChI=1S/C10H13N3O2S2/c14-10(15)9-6-8(5-7-1-3-12(7)9)17-13-11-2-4-16-13/h2,4,6-8,11H,1,3,5H2,(H,14,15). The molecule has 0 amide bonds. The van der Waals surface area contributed by atoms with Crippen molar-refractivity contribution in [2.24, 2.45) is 0 Å². The topological polar surface area (TPSA) is 55.8 Å². The second-order valence-electron chi connectivity index (χ2n) is 4.17. The molecule has 3 aliphatic rings. The van der Waals surface area contributed by atoms with Crippen LogP contribution in [0, 0.1) is 0 Å². The van der Waals surface area contributed by atoms with Crippen LogP contribution in [0.15, 0.2) is 23.4 Å². The van der Waals surface area contributed by atoms with Crippen LogP contribution in [-0.2, 0) is 4.79 Å². The number of hydrogen-bond acceptors (Lipinski definition) is 6. The van der Waals surface area contributed by atoms with Crippen molar-refractivity contribution in [1.82, 2.24) is 14.1 Å². The van der Waals surface area contributed by atoms with Crippen molar-refractivity contribution in [2.45, 2.75) is 24.1 Å². The second kappa shape index (κ2) is 4.47. The number of nitrogens with zero attached hydrogens (tertiary/aromatic N) is 2. The molecule has 3 rings (SSSR count). The molecule has 0 radical (unpaired) electrons. The largest absolute Gasteiger partial charge is 0.477 e. The number of nitrogens with one attached hydrogen (secondary N) is 1. The van der Waals surface area contributed by atoms with Gasteiger partial charge in [-0.3, -0.25) is 0 Å². The van der Waals surface area contributed by atoms with Crippen LogP contribution < -0.4 is 5.43 Å². The summed E-state index contributed by atoms with van der Waals surface area (Å²) in [7, 11) is 0. The molecule has 2 unspecified atom stereocenters. The summed E-state index contributed by atoms with van der Waals surface area (Å²) in [6.45, 7) is 0.887. The molecule has 2 atom stereocenters. The Hall–Kier alpha value is -0.790. The molecule has 92 valence electrons. The molecule has 3 heterocycles. The van der Waals surface area contributed by atoms with Gasteiger partial charge in [0.2, 0.25) is 0 Å². The lowest BCUT2D eigenvalue weighted by atomic mass is 9.92. The fraction of sp³-hybridized carbons (Fsp3) is 0.500. The van der Waals surface area contributed by atoms with Crippen molar-refractivity contribution in [3.8, 4) is 0 Å². The molecule has 7 heteroatoms. The summed E-state index contributed by atoms with van der Waals surface area (Å²) < 4.78 is 1.95. The Morgan fingerprint density at radius 3 is 3.12 bits per heavy atom. The van der Waals surface area contributed by atoms with Gasteiger partial charge in [0.05, 0.1) is 0 Å². The second-order valence-corrected chi connectivity index (χ2v) is 6.43. The highest BCUT2D eigenvalue weighted by Crippen LogP contribution is 2.38. The highest BCUT2D eigenvalue weighted by Gasteiger charge is 2.38. The summed E-state index contributed by atoms with van der Waals surface area (Å²) in [6.07, 6.45) is 5.89. The molecule has 0 aromatic rings. The summed E-state index contributed by atoms with van der Waals surface area (Å²) in [5, 5.41) is 11.4. The molecular formula is C10H13N3O2S2. The first-order chi connectivity index (χ1) is 8.24. The summed E-state index contributed by atoms with van der Waals surface area (Å²) in [4.78, 5) is 13.2. The van der Waals surface area contributed by atoms with E-state index in [4.69, 9.17) is 0 Å². The highest BCUT2D eigenvalue weighted by molar-refractivity contribution is 8.13. The molecule has 0 bridgehead atoms. The SMILES string of the molecule is O=C(O)C1=CC(SN2NC=CS2)CC2CCN12. The molecule has 0 aliphatic carbocycles. The first-order valence-corrected chi connectivity index (χ1v) is 7.18. The highest BCUT2D eigenvalue weighted by atomic mass is 32.2. The van der Waals surface area contributed by atoms with Gasteiger partial charge in [-0.05, 0) is 42.8 Å². The van der Waals surface area contributed by atoms with Crippen LogP contribution in [0.1, 0.15) is 12.8 Å². The lowest BCUT2D eigenvalue weighted by Gasteiger charge is -2.47. The lowest BCUT2D eigenvalue weighted by molar-refractivity contribution is -0.136. The van der Waals surface area contributed by atoms with Crippen LogP contribution in [0.3, 0.4) is 0 Å². The smallest absolute Gasteiger partial charge is 0.351 e. The van der Waals surface area contributed by atoms with Gasteiger partial charge in [-0.25, -0.2) is 4.79 Å². The van der Waals surface area contributed by atoms with E-state index in [9.17, 15) is 9.90 Å². The fourth-order valence-corrected chi connectivity index (χ4v) is 4.16. The van der Waals surface area contributed by atoms with Crippen molar-refractivity contribution in [3.05, 3.63) is 23.4 Å². The minimum absolute atomic E-state index is 0.238. The third-order valence-electron chi connectivity index (χ3n) is 3.16. The number of hydrazine groups is 1. The van der Waals surface area contributed by atoms with Crippen molar-refractivity contribution < 1.29 is 9.90 Å². The van der Waals surface area contributed by atoms with Crippen LogP contribution in [0.4, 0.5) is 0 Å². The van der Waals surface area contributed by atoms with Crippen LogP contribution in [0.5, 0.6) is 0 Å². The maximum absolute atomic E-state index is 11.2. The molecule has 0 aromatic carbocycles. The quantitative estimate of drug-likeness (QED) is 0.752. The number of carboxylic acids is 1. The van der Waals surface area contributed by atoms with E-state index in [1.807, 2.05) is 26.4 Å². The molecule has 1 fully saturated rings. The zero-order valence-electron chi connectivity index (χ0n) is 9.07. The number of aliphatic carboxylic acids is 1. The molecule has 5 nitrogen and oxygen atoms in total. The third kappa shape index (κ3) is 2.14. The molecule has 0 spiro atoms. The average Bonchev–Trinajstić information content (AvgIpc) is 2.74. The van der Waals surface area contributed by atoms with E-state index in [1.165, 1.54) is 0 Å². The van der Waals surface area contributed by atoms with Crippen molar-refractivity contribution in [1.29, 1.82) is 0 Å². The van der Waals surface area contributed by atoms with Crippen LogP contribution in [0.25, 0.3) is 0 Å². The van der Waals surface area contributed by atoms with Crippen molar-refractivity contribution in [2.75, 3.05) is 6.54 Å². The maximum Gasteiger partial charge on any atom is 0.351 e. The van der Waals surface area contributed by atoms with Gasteiger partial charge in [0.1, 0.15) is 5.70 Å². The Morgan fingerprint density at radius 1 is 1.65 bits per heavy atom. The summed E-state index contributed by atoms with van der Waals surface area (Å²) in [5.41, 5.74) is 3.55. The van der Waals surface area contributed by atoms with E-state index >= 15 is 0 Å². The van der Waals surface area contributed by atoms with E-state index in [0.717, 1.165) is 19.4 Å². The summed E-state index contributed by atoms with van der Waals surface area (Å²) >= 11 is 3.23. The number of fused-ring (bicyclic) bond motifs is 1. The molecule has 3 aliphatic heterocycles. The zero-order valence-corrected chi connectivity index (χ0v) is 10.7. The molecule has 0 saturated carbocycles. The van der Waals surface area contributed by atoms with Gasteiger partial charge in [0.15, 0.2) is 0 Å². The first kappa shape index (κ1) is 11.3. The van der Waals surface area contributed by atoms with Gasteiger partial charge < -0.3 is 15.4 Å². The molecule has 1 saturated heterocycles. The average molecular weight is 271 g/mol. The van der Waals surface area contributed by atoms with E-state index in [1.54, 1.807) is 23.9 Å². The van der Waals surface area contributed by atoms with Crippen LogP contribution in [0.2, 0.25) is 0 Å². The number of hydrogen-bond donors (Lipinski definition) is 2. The Bertz CT molecular complexity index is 391. The first-order valence-electron chi connectivity index (χ1n) is 5.50. The van der Waals surface area contributed by atoms with E-state index in [0.29, 0.717) is 11.7 Å². The molecule has 17 heavy (non-hydrogen) atoms. The van der Waals surface area contributed by atoms with Gasteiger partial charge in [0, 0.05) is 29.4 Å². The fourth-order valence-electron chi connectivity index (χ4n) is 2.26. The third-order valence-corrected chi connectivity index (χ3v) is 5.12. The van der Waals surface area contributed by atoms with Crippen LogP contribution >= 0.6 is 23.9 Å². The normalized spacial score (nSPS) is 31.5. The predicted octanol–water partition coefficient (Wildman–Crippen LogP) is 1.39. The predicted molar refractivity (Wildman–Crippen MR) is 68.5 cm³/mol. The van der Waals surface area contributed by atoms with Gasteiger partial charge in [0.25, 0.3) is 0 Å². The van der Waals surface area contributed by atoms with Gasteiger partial charge in [-0.2, -0.15) is 0 Å². The summed E-state index contributed by atoms with van der Waals surface area (Å²) in [5.74, 6) is -0.805. The zero-order chi connectivity index (χ0) is 11.8. The maximum atomic E-state index is 11.2. The van der Waals surface area contributed by atoms with Crippen molar-refractivity contribution >= 4 is 29.9 Å². The molecular weight excluding hydrogens is 258 g/mol. The Balaban J connectivity index is 1.70. The monoisotopic (exact) mass is 271 g/mol. The Kier molecular flexibility index (Phi) is 2.97. The van der Waals surface area contributed by atoms with E-state index < -0.39 is 5.97 Å². The Labute approximate surface area is 108 Å². The number of carboxylic acid groups (broad SMARTS) is 1. The van der Waals surface area contributed by atoms with E-state index in [2.05, 4.69) is 5.43 Å². The van der Waals surface area contributed by atoms with E-state index in [-0.39, 0.29) is 5.25 Å². The van der Waals surface area contributed by atoms with Gasteiger partial charge >= 0.3 is 5.97 Å². The van der Waals surface area contributed by atoms with Crippen molar-refractivity contribution in [3.63, 3.8) is 0 Å².